The molecule has 0 aliphatic carbocycles. The zero-order chi connectivity index (χ0) is 12.2. The predicted octanol–water partition coefficient (Wildman–Crippen LogP) is 2.00. The molecule has 0 radical (unpaired) electrons. The van der Waals surface area contributed by atoms with E-state index >= 15 is 0 Å². The molecule has 90 valence electrons. The number of hydrogen-bond donors (Lipinski definition) is 2. The lowest BCUT2D eigenvalue weighted by molar-refractivity contribution is -0.144. The van der Waals surface area contributed by atoms with E-state index in [9.17, 15) is 4.79 Å². The highest BCUT2D eigenvalue weighted by Gasteiger charge is 2.30. The third-order valence-corrected chi connectivity index (χ3v) is 4.59. The summed E-state index contributed by atoms with van der Waals surface area (Å²) in [7, 11) is 1.67. The van der Waals surface area contributed by atoms with Gasteiger partial charge in [-0.1, -0.05) is 11.8 Å². The number of aromatic nitrogens is 1. The van der Waals surface area contributed by atoms with Gasteiger partial charge in [0.2, 0.25) is 0 Å². The summed E-state index contributed by atoms with van der Waals surface area (Å²) in [4.78, 5) is 15.3. The van der Waals surface area contributed by atoms with Crippen LogP contribution in [-0.4, -0.2) is 34.4 Å². The van der Waals surface area contributed by atoms with Gasteiger partial charge in [0.1, 0.15) is 9.88 Å². The summed E-state index contributed by atoms with van der Waals surface area (Å²) < 4.78 is 1.00. The van der Waals surface area contributed by atoms with Crippen LogP contribution in [0.25, 0.3) is 0 Å². The van der Waals surface area contributed by atoms with Crippen molar-refractivity contribution in [2.75, 3.05) is 12.8 Å². The largest absolute Gasteiger partial charge is 0.480 e. The van der Waals surface area contributed by atoms with Crippen LogP contribution in [0.5, 0.6) is 0 Å². The van der Waals surface area contributed by atoms with Crippen LogP contribution in [-0.2, 0) is 4.79 Å². The van der Waals surface area contributed by atoms with Gasteiger partial charge in [-0.15, -0.1) is 11.3 Å². The number of aryl methyl sites for hydroxylation is 1. The predicted molar refractivity (Wildman–Crippen MR) is 67.3 cm³/mol. The van der Waals surface area contributed by atoms with Crippen LogP contribution in [0.3, 0.4) is 0 Å². The number of nitrogens with one attached hydrogen (secondary N) is 1. The second-order valence-corrected chi connectivity index (χ2v) is 5.94. The number of likely N-dealkylation sites (N-methyl/N-ethyl adjacent to an activating group) is 1. The van der Waals surface area contributed by atoms with Crippen molar-refractivity contribution in [2.45, 2.75) is 30.1 Å². The molecule has 0 fully saturated rings. The normalized spacial score (nSPS) is 14.7. The molecule has 4 nitrogen and oxygen atoms in total. The van der Waals surface area contributed by atoms with E-state index in [-0.39, 0.29) is 0 Å². The van der Waals surface area contributed by atoms with Crippen molar-refractivity contribution in [3.63, 3.8) is 0 Å². The molecule has 1 heterocycles. The minimum atomic E-state index is -0.848. The Morgan fingerprint density at radius 1 is 1.75 bits per heavy atom. The highest BCUT2D eigenvalue weighted by Crippen LogP contribution is 2.25. The van der Waals surface area contributed by atoms with Gasteiger partial charge in [-0.25, -0.2) is 4.98 Å². The molecule has 0 saturated heterocycles. The van der Waals surface area contributed by atoms with Crippen LogP contribution in [0.1, 0.15) is 19.0 Å². The zero-order valence-electron chi connectivity index (χ0n) is 9.61. The second kappa shape index (κ2) is 5.65. The van der Waals surface area contributed by atoms with Crippen molar-refractivity contribution >= 4 is 29.1 Å². The quantitative estimate of drug-likeness (QED) is 0.766. The van der Waals surface area contributed by atoms with Gasteiger partial charge < -0.3 is 10.4 Å². The minimum absolute atomic E-state index is 0.572. The van der Waals surface area contributed by atoms with E-state index in [0.717, 1.165) is 15.8 Å². The Kier molecular flexibility index (Phi) is 4.76. The van der Waals surface area contributed by atoms with Crippen LogP contribution in [0.4, 0.5) is 0 Å². The number of nitrogens with zero attached hydrogens (tertiary/aromatic N) is 1. The molecular weight excluding hydrogens is 244 g/mol. The molecule has 0 aliphatic rings. The smallest absolute Gasteiger partial charge is 0.323 e. The molecule has 1 aromatic heterocycles. The summed E-state index contributed by atoms with van der Waals surface area (Å²) in [5.41, 5.74) is 0.168. The molecule has 1 atom stereocenters. The number of carboxylic acids is 1. The molecule has 1 unspecified atom stereocenters. The number of thioether (sulfide) groups is 1. The first-order valence-electron chi connectivity index (χ1n) is 4.95. The molecule has 1 aromatic rings. The maximum absolute atomic E-state index is 11.0. The maximum atomic E-state index is 11.0. The van der Waals surface area contributed by atoms with Gasteiger partial charge in [-0.05, 0) is 27.3 Å². The monoisotopic (exact) mass is 260 g/mol. The number of thiazole rings is 1. The van der Waals surface area contributed by atoms with E-state index in [1.54, 1.807) is 37.1 Å². The molecule has 0 aromatic carbocycles. The van der Waals surface area contributed by atoms with Gasteiger partial charge in [0.05, 0.1) is 0 Å². The lowest BCUT2D eigenvalue weighted by Crippen LogP contribution is -2.47. The first-order chi connectivity index (χ1) is 7.48. The van der Waals surface area contributed by atoms with Crippen molar-refractivity contribution in [3.05, 3.63) is 11.1 Å². The Morgan fingerprint density at radius 3 is 2.88 bits per heavy atom. The summed E-state index contributed by atoms with van der Waals surface area (Å²) in [6, 6.07) is 0. The summed E-state index contributed by atoms with van der Waals surface area (Å²) in [6.07, 6.45) is 0.572. The highest BCUT2D eigenvalue weighted by molar-refractivity contribution is 8.01. The van der Waals surface area contributed by atoms with Gasteiger partial charge in [-0.3, -0.25) is 4.79 Å². The van der Waals surface area contributed by atoms with E-state index in [4.69, 9.17) is 5.11 Å². The first kappa shape index (κ1) is 13.5. The number of aliphatic carboxylic acids is 1. The van der Waals surface area contributed by atoms with E-state index in [2.05, 4.69) is 10.3 Å². The van der Waals surface area contributed by atoms with Crippen LogP contribution >= 0.6 is 23.1 Å². The van der Waals surface area contributed by atoms with Crippen molar-refractivity contribution in [1.82, 2.24) is 10.3 Å². The van der Waals surface area contributed by atoms with Crippen molar-refractivity contribution in [3.8, 4) is 0 Å². The SMILES string of the molecule is CNC(C)(CCSc1nc(C)cs1)C(=O)O. The topological polar surface area (TPSA) is 62.2 Å². The lowest BCUT2D eigenvalue weighted by Gasteiger charge is -2.23. The average Bonchev–Trinajstić information content (AvgIpc) is 2.63. The fourth-order valence-corrected chi connectivity index (χ4v) is 3.16. The van der Waals surface area contributed by atoms with Crippen molar-refractivity contribution in [1.29, 1.82) is 0 Å². The third kappa shape index (κ3) is 3.47. The Bertz CT molecular complexity index is 367. The Labute approximate surface area is 103 Å². The van der Waals surface area contributed by atoms with Crippen molar-refractivity contribution < 1.29 is 9.90 Å². The van der Waals surface area contributed by atoms with E-state index in [1.165, 1.54) is 0 Å². The van der Waals surface area contributed by atoms with Crippen molar-refractivity contribution in [2.24, 2.45) is 0 Å². The average molecular weight is 260 g/mol. The van der Waals surface area contributed by atoms with E-state index in [1.807, 2.05) is 12.3 Å². The molecule has 0 saturated carbocycles. The molecule has 0 amide bonds. The summed E-state index contributed by atoms with van der Waals surface area (Å²) >= 11 is 3.21. The van der Waals surface area contributed by atoms with Gasteiger partial charge >= 0.3 is 5.97 Å². The second-order valence-electron chi connectivity index (χ2n) is 3.74. The Morgan fingerprint density at radius 2 is 2.44 bits per heavy atom. The van der Waals surface area contributed by atoms with Crippen LogP contribution < -0.4 is 5.32 Å². The fraction of sp³-hybridized carbons (Fsp3) is 0.600. The van der Waals surface area contributed by atoms with Gasteiger partial charge in [-0.2, -0.15) is 0 Å². The molecule has 0 aliphatic heterocycles. The first-order valence-corrected chi connectivity index (χ1v) is 6.82. The van der Waals surface area contributed by atoms with E-state index < -0.39 is 11.5 Å². The van der Waals surface area contributed by atoms with Gasteiger partial charge in [0, 0.05) is 16.8 Å². The van der Waals surface area contributed by atoms with E-state index in [0.29, 0.717) is 6.42 Å². The fourth-order valence-electron chi connectivity index (χ4n) is 1.08. The molecule has 0 bridgehead atoms. The lowest BCUT2D eigenvalue weighted by atomic mass is 10.00. The summed E-state index contributed by atoms with van der Waals surface area (Å²) in [6.45, 7) is 3.65. The highest BCUT2D eigenvalue weighted by atomic mass is 32.2. The minimum Gasteiger partial charge on any atom is -0.480 e. The number of rotatable bonds is 6. The molecule has 2 N–H and O–H groups in total. The Balaban J connectivity index is 2.43. The van der Waals surface area contributed by atoms with Gasteiger partial charge in [0.25, 0.3) is 0 Å². The number of carbonyl (C=O) groups is 1. The zero-order valence-corrected chi connectivity index (χ0v) is 11.2. The number of carboxylic acid groups (broad SMARTS) is 1. The molecule has 0 spiro atoms. The van der Waals surface area contributed by atoms with Crippen LogP contribution in [0, 0.1) is 6.92 Å². The standard InChI is InChI=1S/C10H16N2O2S2/c1-7-6-16-9(12-7)15-5-4-10(2,11-3)8(13)14/h6,11H,4-5H2,1-3H3,(H,13,14). The third-order valence-electron chi connectivity index (χ3n) is 2.45. The molecule has 1 rings (SSSR count). The summed E-state index contributed by atoms with van der Waals surface area (Å²) in [5, 5.41) is 13.9. The number of hydrogen-bond acceptors (Lipinski definition) is 5. The van der Waals surface area contributed by atoms with Gasteiger partial charge in [0.15, 0.2) is 0 Å². The molecule has 16 heavy (non-hydrogen) atoms. The molecule has 6 heteroatoms. The molecular formula is C10H16N2O2S2. The Hall–Kier alpha value is -0.590. The van der Waals surface area contributed by atoms with Crippen LogP contribution in [0.15, 0.2) is 9.72 Å². The van der Waals surface area contributed by atoms with Crippen LogP contribution in [0.2, 0.25) is 0 Å². The summed E-state index contributed by atoms with van der Waals surface area (Å²) in [5.74, 6) is -0.0673. The maximum Gasteiger partial charge on any atom is 0.323 e.